The number of hydrogen-bond acceptors (Lipinski definition) is 4. The number of aliphatic hydroxyl groups excluding tert-OH is 1. The molecular weight excluding hydrogens is 302 g/mol. The van der Waals surface area contributed by atoms with Crippen LogP contribution in [0.5, 0.6) is 5.75 Å². The monoisotopic (exact) mass is 325 g/mol. The molecule has 0 aliphatic carbocycles. The molecular formula is C19H23N3O2. The van der Waals surface area contributed by atoms with Crippen LogP contribution in [-0.2, 0) is 6.54 Å². The molecule has 1 heterocycles. The van der Waals surface area contributed by atoms with Gasteiger partial charge in [0.15, 0.2) is 0 Å². The van der Waals surface area contributed by atoms with Crippen molar-refractivity contribution in [2.24, 2.45) is 0 Å². The highest BCUT2D eigenvalue weighted by molar-refractivity contribution is 5.78. The Morgan fingerprint density at radius 3 is 2.67 bits per heavy atom. The first kappa shape index (κ1) is 16.3. The fourth-order valence-electron chi connectivity index (χ4n) is 2.57. The van der Waals surface area contributed by atoms with Gasteiger partial charge in [-0.05, 0) is 38.1 Å². The van der Waals surface area contributed by atoms with Gasteiger partial charge in [0, 0.05) is 6.54 Å². The number of rotatable bonds is 7. The summed E-state index contributed by atoms with van der Waals surface area (Å²) in [6, 6.07) is 16.0. The maximum atomic E-state index is 9.50. The van der Waals surface area contributed by atoms with Gasteiger partial charge < -0.3 is 19.7 Å². The second kappa shape index (κ2) is 7.36. The maximum Gasteiger partial charge on any atom is 0.204 e. The van der Waals surface area contributed by atoms with Crippen LogP contribution in [0.1, 0.15) is 12.5 Å². The molecule has 0 fully saturated rings. The van der Waals surface area contributed by atoms with E-state index in [0.717, 1.165) is 22.7 Å². The summed E-state index contributed by atoms with van der Waals surface area (Å²) >= 11 is 0. The molecule has 126 valence electrons. The van der Waals surface area contributed by atoms with Crippen molar-refractivity contribution in [1.29, 1.82) is 0 Å². The Morgan fingerprint density at radius 1 is 1.17 bits per heavy atom. The fraction of sp³-hybridized carbons (Fsp3) is 0.316. The van der Waals surface area contributed by atoms with E-state index in [0.29, 0.717) is 19.7 Å². The van der Waals surface area contributed by atoms with E-state index < -0.39 is 6.10 Å². The second-order valence-corrected chi connectivity index (χ2v) is 5.97. The van der Waals surface area contributed by atoms with E-state index >= 15 is 0 Å². The zero-order valence-electron chi connectivity index (χ0n) is 14.1. The van der Waals surface area contributed by atoms with Crippen LogP contribution in [0.15, 0.2) is 48.5 Å². The minimum atomic E-state index is -0.429. The lowest BCUT2D eigenvalue weighted by Gasteiger charge is -2.13. The number of ether oxygens (including phenoxy) is 1. The largest absolute Gasteiger partial charge is 0.492 e. The number of para-hydroxylation sites is 2. The van der Waals surface area contributed by atoms with Gasteiger partial charge in [0.1, 0.15) is 12.4 Å². The zero-order chi connectivity index (χ0) is 16.9. The van der Waals surface area contributed by atoms with Gasteiger partial charge in [0.05, 0.1) is 23.7 Å². The van der Waals surface area contributed by atoms with Gasteiger partial charge in [0.2, 0.25) is 5.95 Å². The van der Waals surface area contributed by atoms with Crippen molar-refractivity contribution in [3.8, 4) is 5.75 Å². The van der Waals surface area contributed by atoms with Crippen LogP contribution in [0, 0.1) is 6.92 Å². The van der Waals surface area contributed by atoms with Gasteiger partial charge in [-0.25, -0.2) is 4.98 Å². The Kier molecular flexibility index (Phi) is 5.01. The van der Waals surface area contributed by atoms with E-state index in [4.69, 9.17) is 4.74 Å². The lowest BCUT2D eigenvalue weighted by atomic mass is 10.2. The molecule has 0 bridgehead atoms. The molecule has 5 heteroatoms. The van der Waals surface area contributed by atoms with Gasteiger partial charge in [-0.1, -0.05) is 29.8 Å². The number of imidazole rings is 1. The van der Waals surface area contributed by atoms with E-state index in [9.17, 15) is 5.11 Å². The minimum Gasteiger partial charge on any atom is -0.492 e. The smallest absolute Gasteiger partial charge is 0.204 e. The molecule has 0 saturated heterocycles. The molecule has 3 aromatic rings. The molecule has 1 atom stereocenters. The van der Waals surface area contributed by atoms with Crippen molar-refractivity contribution in [1.82, 2.24) is 9.55 Å². The summed E-state index contributed by atoms with van der Waals surface area (Å²) < 4.78 is 7.93. The van der Waals surface area contributed by atoms with Crippen molar-refractivity contribution in [2.45, 2.75) is 26.5 Å². The van der Waals surface area contributed by atoms with Crippen LogP contribution in [0.2, 0.25) is 0 Å². The minimum absolute atomic E-state index is 0.429. The summed E-state index contributed by atoms with van der Waals surface area (Å²) in [6.07, 6.45) is -0.429. The molecule has 0 aliphatic heterocycles. The normalized spacial score (nSPS) is 12.3. The highest BCUT2D eigenvalue weighted by Crippen LogP contribution is 2.20. The summed E-state index contributed by atoms with van der Waals surface area (Å²) in [5.74, 6) is 1.62. The zero-order valence-corrected chi connectivity index (χ0v) is 14.1. The average molecular weight is 325 g/mol. The topological polar surface area (TPSA) is 59.3 Å². The molecule has 0 radical (unpaired) electrons. The fourth-order valence-corrected chi connectivity index (χ4v) is 2.57. The van der Waals surface area contributed by atoms with Crippen LogP contribution in [-0.4, -0.2) is 33.9 Å². The van der Waals surface area contributed by atoms with Gasteiger partial charge in [-0.15, -0.1) is 0 Å². The highest BCUT2D eigenvalue weighted by Gasteiger charge is 2.10. The number of anilines is 1. The summed E-state index contributed by atoms with van der Waals surface area (Å²) in [6.45, 7) is 5.49. The van der Waals surface area contributed by atoms with Crippen LogP contribution >= 0.6 is 0 Å². The van der Waals surface area contributed by atoms with E-state index in [1.165, 1.54) is 5.56 Å². The molecule has 1 unspecified atom stereocenters. The second-order valence-electron chi connectivity index (χ2n) is 5.97. The standard InChI is InChI=1S/C19H23N3O2/c1-14-7-9-16(10-8-14)24-12-11-22-18-6-4-3-5-17(18)21-19(22)20-13-15(2)23/h3-10,15,23H,11-13H2,1-2H3,(H,20,21). The number of hydrogen-bond donors (Lipinski definition) is 2. The number of benzene rings is 2. The van der Waals surface area contributed by atoms with Crippen LogP contribution in [0.25, 0.3) is 11.0 Å². The van der Waals surface area contributed by atoms with Gasteiger partial charge >= 0.3 is 0 Å². The van der Waals surface area contributed by atoms with Gasteiger partial charge in [0.25, 0.3) is 0 Å². The Labute approximate surface area is 141 Å². The third kappa shape index (κ3) is 3.86. The lowest BCUT2D eigenvalue weighted by molar-refractivity contribution is 0.208. The molecule has 3 rings (SSSR count). The Balaban J connectivity index is 1.73. The first-order valence-electron chi connectivity index (χ1n) is 8.20. The van der Waals surface area contributed by atoms with Crippen molar-refractivity contribution >= 4 is 17.0 Å². The van der Waals surface area contributed by atoms with Gasteiger partial charge in [-0.2, -0.15) is 0 Å². The Bertz CT molecular complexity index is 794. The van der Waals surface area contributed by atoms with Crippen molar-refractivity contribution in [3.63, 3.8) is 0 Å². The predicted molar refractivity (Wildman–Crippen MR) is 96.6 cm³/mol. The Hall–Kier alpha value is -2.53. The molecule has 0 aliphatic rings. The van der Waals surface area contributed by atoms with Gasteiger partial charge in [-0.3, -0.25) is 0 Å². The third-order valence-electron chi connectivity index (χ3n) is 3.81. The maximum absolute atomic E-state index is 9.50. The molecule has 5 nitrogen and oxygen atoms in total. The van der Waals surface area contributed by atoms with Crippen LogP contribution < -0.4 is 10.1 Å². The van der Waals surface area contributed by atoms with E-state index in [-0.39, 0.29) is 0 Å². The molecule has 0 amide bonds. The molecule has 2 N–H and O–H groups in total. The van der Waals surface area contributed by atoms with E-state index in [2.05, 4.69) is 21.8 Å². The summed E-state index contributed by atoms with van der Waals surface area (Å²) in [4.78, 5) is 4.61. The number of fused-ring (bicyclic) bond motifs is 1. The molecule has 0 spiro atoms. The lowest BCUT2D eigenvalue weighted by Crippen LogP contribution is -2.19. The number of nitrogens with zero attached hydrogens (tertiary/aromatic N) is 2. The number of aliphatic hydroxyl groups is 1. The first-order valence-corrected chi connectivity index (χ1v) is 8.20. The molecule has 2 aromatic carbocycles. The molecule has 0 saturated carbocycles. The third-order valence-corrected chi connectivity index (χ3v) is 3.81. The number of nitrogens with one attached hydrogen (secondary N) is 1. The van der Waals surface area contributed by atoms with Crippen molar-refractivity contribution < 1.29 is 9.84 Å². The summed E-state index contributed by atoms with van der Waals surface area (Å²) in [5.41, 5.74) is 3.20. The summed E-state index contributed by atoms with van der Waals surface area (Å²) in [5, 5.41) is 12.7. The predicted octanol–water partition coefficient (Wildman–Crippen LogP) is 3.22. The number of aromatic nitrogens is 2. The Morgan fingerprint density at radius 2 is 1.92 bits per heavy atom. The van der Waals surface area contributed by atoms with Crippen molar-refractivity contribution in [2.75, 3.05) is 18.5 Å². The number of aryl methyl sites for hydroxylation is 1. The van der Waals surface area contributed by atoms with Crippen molar-refractivity contribution in [3.05, 3.63) is 54.1 Å². The average Bonchev–Trinajstić information content (AvgIpc) is 2.93. The van der Waals surface area contributed by atoms with Crippen LogP contribution in [0.4, 0.5) is 5.95 Å². The molecule has 1 aromatic heterocycles. The first-order chi connectivity index (χ1) is 11.6. The molecule has 24 heavy (non-hydrogen) atoms. The summed E-state index contributed by atoms with van der Waals surface area (Å²) in [7, 11) is 0. The van der Waals surface area contributed by atoms with Crippen LogP contribution in [0.3, 0.4) is 0 Å². The quantitative estimate of drug-likeness (QED) is 0.700. The highest BCUT2D eigenvalue weighted by atomic mass is 16.5. The SMILES string of the molecule is Cc1ccc(OCCn2c(NCC(C)O)nc3ccccc32)cc1. The van der Waals surface area contributed by atoms with E-state index in [1.54, 1.807) is 6.92 Å². The van der Waals surface area contributed by atoms with E-state index in [1.807, 2.05) is 48.5 Å².